The number of nitro groups is 1. The lowest BCUT2D eigenvalue weighted by Crippen LogP contribution is -2.46. The molecule has 1 aliphatic rings. The van der Waals surface area contributed by atoms with Crippen LogP contribution in [0.15, 0.2) is 23.1 Å². The Balaban J connectivity index is 2.39. The van der Waals surface area contributed by atoms with Crippen LogP contribution in [0.5, 0.6) is 0 Å². The molecule has 0 spiro atoms. The highest BCUT2D eigenvalue weighted by Crippen LogP contribution is 2.26. The SMILES string of the molecule is CNC1CCCN(S(=O)(=O)c2cc([N+](=O)[O-])ccc2C)C1. The van der Waals surface area contributed by atoms with Crippen molar-refractivity contribution in [2.24, 2.45) is 0 Å². The van der Waals surface area contributed by atoms with E-state index < -0.39 is 14.9 Å². The number of piperidine rings is 1. The topological polar surface area (TPSA) is 92.6 Å². The summed E-state index contributed by atoms with van der Waals surface area (Å²) >= 11 is 0. The maximum atomic E-state index is 12.7. The molecule has 1 atom stereocenters. The Hall–Kier alpha value is -1.51. The molecule has 1 heterocycles. The van der Waals surface area contributed by atoms with E-state index in [9.17, 15) is 18.5 Å². The van der Waals surface area contributed by atoms with E-state index in [1.165, 1.54) is 16.4 Å². The molecule has 1 aromatic carbocycles. The summed E-state index contributed by atoms with van der Waals surface area (Å²) in [4.78, 5) is 10.3. The Labute approximate surface area is 124 Å². The highest BCUT2D eigenvalue weighted by atomic mass is 32.2. The molecule has 0 saturated carbocycles. The van der Waals surface area contributed by atoms with Gasteiger partial charge in [0.05, 0.1) is 9.82 Å². The van der Waals surface area contributed by atoms with Crippen LogP contribution in [0.3, 0.4) is 0 Å². The third-order valence-corrected chi connectivity index (χ3v) is 5.80. The van der Waals surface area contributed by atoms with Crippen LogP contribution in [-0.4, -0.2) is 43.8 Å². The van der Waals surface area contributed by atoms with Gasteiger partial charge in [-0.25, -0.2) is 8.42 Å². The molecule has 116 valence electrons. The number of sulfonamides is 1. The summed E-state index contributed by atoms with van der Waals surface area (Å²) < 4.78 is 26.8. The van der Waals surface area contributed by atoms with Gasteiger partial charge < -0.3 is 5.32 Å². The molecule has 0 aliphatic carbocycles. The van der Waals surface area contributed by atoms with E-state index in [1.54, 1.807) is 14.0 Å². The third kappa shape index (κ3) is 3.22. The van der Waals surface area contributed by atoms with E-state index in [1.807, 2.05) is 0 Å². The number of benzene rings is 1. The maximum Gasteiger partial charge on any atom is 0.270 e. The Morgan fingerprint density at radius 3 is 2.76 bits per heavy atom. The molecule has 7 nitrogen and oxygen atoms in total. The van der Waals surface area contributed by atoms with Gasteiger partial charge in [0.1, 0.15) is 0 Å². The predicted octanol–water partition coefficient (Wildman–Crippen LogP) is 1.28. The van der Waals surface area contributed by atoms with Crippen LogP contribution in [0.2, 0.25) is 0 Å². The first-order valence-corrected chi connectivity index (χ1v) is 8.22. The minimum Gasteiger partial charge on any atom is -0.316 e. The Bertz CT molecular complexity index is 645. The van der Waals surface area contributed by atoms with Gasteiger partial charge in [0.2, 0.25) is 10.0 Å². The number of likely N-dealkylation sites (N-methyl/N-ethyl adjacent to an activating group) is 1. The normalized spacial score (nSPS) is 20.4. The number of hydrogen-bond acceptors (Lipinski definition) is 5. The lowest BCUT2D eigenvalue weighted by atomic mass is 10.1. The van der Waals surface area contributed by atoms with Crippen molar-refractivity contribution >= 4 is 15.7 Å². The Morgan fingerprint density at radius 2 is 2.14 bits per heavy atom. The van der Waals surface area contributed by atoms with E-state index in [0.29, 0.717) is 18.7 Å². The largest absolute Gasteiger partial charge is 0.316 e. The minimum absolute atomic E-state index is 0.0217. The number of rotatable bonds is 4. The summed E-state index contributed by atoms with van der Waals surface area (Å²) in [5, 5.41) is 13.9. The maximum absolute atomic E-state index is 12.7. The molecule has 1 fully saturated rings. The van der Waals surface area contributed by atoms with Crippen LogP contribution in [0, 0.1) is 17.0 Å². The molecule has 1 N–H and O–H groups in total. The first kappa shape index (κ1) is 15.9. The standard InChI is InChI=1S/C13H19N3O4S/c1-10-5-6-12(16(17)18)8-13(10)21(19,20)15-7-3-4-11(9-15)14-2/h5-6,8,11,14H,3-4,7,9H2,1-2H3. The van der Waals surface area contributed by atoms with E-state index in [0.717, 1.165) is 18.9 Å². The second-order valence-corrected chi connectivity index (χ2v) is 7.10. The van der Waals surface area contributed by atoms with E-state index in [2.05, 4.69) is 5.32 Å². The molecular formula is C13H19N3O4S. The number of non-ortho nitro benzene ring substituents is 1. The molecule has 2 rings (SSSR count). The van der Waals surface area contributed by atoms with Gasteiger partial charge in [-0.05, 0) is 32.4 Å². The fourth-order valence-electron chi connectivity index (χ4n) is 2.52. The van der Waals surface area contributed by atoms with Crippen LogP contribution < -0.4 is 5.32 Å². The van der Waals surface area contributed by atoms with Crippen molar-refractivity contribution < 1.29 is 13.3 Å². The number of nitrogens with one attached hydrogen (secondary N) is 1. The second kappa shape index (κ2) is 6.08. The van der Waals surface area contributed by atoms with Gasteiger partial charge >= 0.3 is 0 Å². The van der Waals surface area contributed by atoms with Crippen molar-refractivity contribution in [1.82, 2.24) is 9.62 Å². The highest BCUT2D eigenvalue weighted by Gasteiger charge is 2.31. The van der Waals surface area contributed by atoms with E-state index >= 15 is 0 Å². The molecule has 1 aromatic rings. The van der Waals surface area contributed by atoms with E-state index in [-0.39, 0.29) is 16.6 Å². The van der Waals surface area contributed by atoms with Crippen LogP contribution in [-0.2, 0) is 10.0 Å². The predicted molar refractivity (Wildman–Crippen MR) is 78.7 cm³/mol. The van der Waals surface area contributed by atoms with Crippen molar-refractivity contribution in [3.8, 4) is 0 Å². The zero-order valence-corrected chi connectivity index (χ0v) is 12.9. The molecule has 0 radical (unpaired) electrons. The molecule has 0 bridgehead atoms. The Kier molecular flexibility index (Phi) is 4.60. The van der Waals surface area contributed by atoms with Crippen molar-refractivity contribution in [2.45, 2.75) is 30.7 Å². The zero-order valence-electron chi connectivity index (χ0n) is 12.1. The van der Waals surface area contributed by atoms with Gasteiger partial charge in [-0.1, -0.05) is 6.07 Å². The lowest BCUT2D eigenvalue weighted by Gasteiger charge is -2.32. The van der Waals surface area contributed by atoms with Crippen molar-refractivity contribution in [2.75, 3.05) is 20.1 Å². The molecule has 0 aromatic heterocycles. The van der Waals surface area contributed by atoms with Crippen LogP contribution in [0.1, 0.15) is 18.4 Å². The summed E-state index contributed by atoms with van der Waals surface area (Å²) in [7, 11) is -1.90. The Morgan fingerprint density at radius 1 is 1.43 bits per heavy atom. The van der Waals surface area contributed by atoms with E-state index in [4.69, 9.17) is 0 Å². The quantitative estimate of drug-likeness (QED) is 0.667. The molecule has 21 heavy (non-hydrogen) atoms. The van der Waals surface area contributed by atoms with Gasteiger partial charge in [0.15, 0.2) is 0 Å². The average molecular weight is 313 g/mol. The fraction of sp³-hybridized carbons (Fsp3) is 0.538. The van der Waals surface area contributed by atoms with Gasteiger partial charge in [0.25, 0.3) is 5.69 Å². The second-order valence-electron chi connectivity index (χ2n) is 5.20. The number of hydrogen-bond donors (Lipinski definition) is 1. The molecule has 1 aliphatic heterocycles. The first-order valence-electron chi connectivity index (χ1n) is 6.78. The van der Waals surface area contributed by atoms with Crippen LogP contribution >= 0.6 is 0 Å². The molecule has 1 saturated heterocycles. The molecule has 0 amide bonds. The summed E-state index contributed by atoms with van der Waals surface area (Å²) in [5.41, 5.74) is 0.313. The number of nitrogens with zero attached hydrogens (tertiary/aromatic N) is 2. The van der Waals surface area contributed by atoms with Gasteiger partial charge in [-0.15, -0.1) is 0 Å². The smallest absolute Gasteiger partial charge is 0.270 e. The van der Waals surface area contributed by atoms with Gasteiger partial charge in [-0.2, -0.15) is 4.31 Å². The summed E-state index contributed by atoms with van der Waals surface area (Å²) in [6.45, 7) is 2.49. The summed E-state index contributed by atoms with van der Waals surface area (Å²) in [6.07, 6.45) is 1.70. The van der Waals surface area contributed by atoms with Crippen molar-refractivity contribution in [3.05, 3.63) is 33.9 Å². The van der Waals surface area contributed by atoms with Crippen molar-refractivity contribution in [1.29, 1.82) is 0 Å². The van der Waals surface area contributed by atoms with Crippen LogP contribution in [0.25, 0.3) is 0 Å². The van der Waals surface area contributed by atoms with Gasteiger partial charge in [-0.3, -0.25) is 10.1 Å². The third-order valence-electron chi connectivity index (χ3n) is 3.79. The number of aryl methyl sites for hydroxylation is 1. The van der Waals surface area contributed by atoms with Gasteiger partial charge in [0, 0.05) is 31.3 Å². The van der Waals surface area contributed by atoms with Crippen molar-refractivity contribution in [3.63, 3.8) is 0 Å². The average Bonchev–Trinajstić information content (AvgIpc) is 2.47. The summed E-state index contributed by atoms with van der Waals surface area (Å²) in [6, 6.07) is 4.06. The molecular weight excluding hydrogens is 294 g/mol. The molecule has 1 unspecified atom stereocenters. The summed E-state index contributed by atoms with van der Waals surface area (Å²) in [5.74, 6) is 0. The monoisotopic (exact) mass is 313 g/mol. The minimum atomic E-state index is -3.70. The molecule has 8 heteroatoms. The highest BCUT2D eigenvalue weighted by molar-refractivity contribution is 7.89. The lowest BCUT2D eigenvalue weighted by molar-refractivity contribution is -0.385. The zero-order chi connectivity index (χ0) is 15.6. The van der Waals surface area contributed by atoms with Crippen LogP contribution in [0.4, 0.5) is 5.69 Å². The first-order chi connectivity index (χ1) is 9.86. The fourth-order valence-corrected chi connectivity index (χ4v) is 4.28. The number of nitro benzene ring substituents is 1.